The van der Waals surface area contributed by atoms with E-state index in [0.29, 0.717) is 18.0 Å². The molecule has 3 atom stereocenters. The number of ether oxygens (including phenoxy) is 1. The summed E-state index contributed by atoms with van der Waals surface area (Å²) in [6, 6.07) is 1.01. The Morgan fingerprint density at radius 2 is 1.70 bits per heavy atom. The lowest BCUT2D eigenvalue weighted by Crippen LogP contribution is -2.56. The number of methoxy groups -OCH3 is 1. The molecule has 0 bridgehead atoms. The van der Waals surface area contributed by atoms with Crippen LogP contribution in [0, 0.1) is 5.92 Å². The summed E-state index contributed by atoms with van der Waals surface area (Å²) in [5.74, 6) is 0.397. The SMILES string of the molecule is COC(=O)C(C)(CC(C)N(C)C(C)C(C)C)NC(C)C. The average Bonchev–Trinajstić information content (AvgIpc) is 2.34. The van der Waals surface area contributed by atoms with E-state index in [1.54, 1.807) is 0 Å². The molecule has 0 aliphatic carbocycles. The van der Waals surface area contributed by atoms with Crippen molar-refractivity contribution in [1.29, 1.82) is 0 Å². The lowest BCUT2D eigenvalue weighted by atomic mass is 9.90. The van der Waals surface area contributed by atoms with Gasteiger partial charge in [0.05, 0.1) is 7.11 Å². The Kier molecular flexibility index (Phi) is 7.74. The molecule has 0 rings (SSSR count). The van der Waals surface area contributed by atoms with E-state index in [9.17, 15) is 4.79 Å². The second-order valence-corrected chi connectivity index (χ2v) is 6.83. The van der Waals surface area contributed by atoms with Crippen LogP contribution < -0.4 is 5.32 Å². The third-order valence-corrected chi connectivity index (χ3v) is 4.25. The number of hydrogen-bond donors (Lipinski definition) is 1. The zero-order chi connectivity index (χ0) is 16.1. The van der Waals surface area contributed by atoms with E-state index in [-0.39, 0.29) is 12.0 Å². The Morgan fingerprint density at radius 3 is 2.05 bits per heavy atom. The first-order valence-corrected chi connectivity index (χ1v) is 7.63. The third-order valence-electron chi connectivity index (χ3n) is 4.25. The van der Waals surface area contributed by atoms with E-state index in [0.717, 1.165) is 6.42 Å². The van der Waals surface area contributed by atoms with Gasteiger partial charge in [0.15, 0.2) is 0 Å². The van der Waals surface area contributed by atoms with Crippen molar-refractivity contribution >= 4 is 5.97 Å². The molecule has 0 saturated heterocycles. The molecule has 0 aromatic carbocycles. The van der Waals surface area contributed by atoms with Crippen LogP contribution in [0.5, 0.6) is 0 Å². The first-order valence-electron chi connectivity index (χ1n) is 7.63. The summed E-state index contributed by atoms with van der Waals surface area (Å²) in [6.07, 6.45) is 0.728. The van der Waals surface area contributed by atoms with E-state index in [1.165, 1.54) is 7.11 Å². The van der Waals surface area contributed by atoms with Crippen LogP contribution in [0.15, 0.2) is 0 Å². The minimum Gasteiger partial charge on any atom is -0.468 e. The molecule has 0 saturated carbocycles. The monoisotopic (exact) mass is 286 g/mol. The molecule has 4 nitrogen and oxygen atoms in total. The van der Waals surface area contributed by atoms with Crippen molar-refractivity contribution in [1.82, 2.24) is 10.2 Å². The normalized spacial score (nSPS) is 18.2. The summed E-state index contributed by atoms with van der Waals surface area (Å²) in [4.78, 5) is 14.5. The Balaban J connectivity index is 4.94. The molecule has 0 fully saturated rings. The van der Waals surface area contributed by atoms with Gasteiger partial charge < -0.3 is 9.64 Å². The summed E-state index contributed by atoms with van der Waals surface area (Å²) >= 11 is 0. The third kappa shape index (κ3) is 5.41. The minimum absolute atomic E-state index is 0.191. The quantitative estimate of drug-likeness (QED) is 0.697. The molecule has 120 valence electrons. The molecule has 0 aliphatic rings. The standard InChI is InChI=1S/C16H34N2O2/c1-11(2)14(6)18(8)13(5)10-16(7,15(19)20-9)17-12(3)4/h11-14,17H,10H2,1-9H3. The van der Waals surface area contributed by atoms with Gasteiger partial charge in [-0.3, -0.25) is 10.1 Å². The van der Waals surface area contributed by atoms with Crippen LogP contribution in [-0.2, 0) is 9.53 Å². The number of hydrogen-bond acceptors (Lipinski definition) is 4. The average molecular weight is 286 g/mol. The van der Waals surface area contributed by atoms with Crippen molar-refractivity contribution in [3.05, 3.63) is 0 Å². The van der Waals surface area contributed by atoms with Gasteiger partial charge in [0.1, 0.15) is 5.54 Å². The molecule has 20 heavy (non-hydrogen) atoms. The number of carbonyl (C=O) groups is 1. The van der Waals surface area contributed by atoms with Crippen molar-refractivity contribution in [2.75, 3.05) is 14.2 Å². The van der Waals surface area contributed by atoms with Crippen LogP contribution in [0.1, 0.15) is 54.9 Å². The summed E-state index contributed by atoms with van der Waals surface area (Å²) in [7, 11) is 3.58. The highest BCUT2D eigenvalue weighted by Gasteiger charge is 2.37. The molecule has 0 radical (unpaired) electrons. The maximum Gasteiger partial charge on any atom is 0.325 e. The highest BCUT2D eigenvalue weighted by molar-refractivity contribution is 5.80. The van der Waals surface area contributed by atoms with E-state index in [1.807, 2.05) is 20.8 Å². The Labute approximate surface area is 125 Å². The predicted molar refractivity (Wildman–Crippen MR) is 84.8 cm³/mol. The maximum atomic E-state index is 12.1. The highest BCUT2D eigenvalue weighted by Crippen LogP contribution is 2.21. The second kappa shape index (κ2) is 7.99. The van der Waals surface area contributed by atoms with Crippen LogP contribution in [0.3, 0.4) is 0 Å². The zero-order valence-electron chi connectivity index (χ0n) is 14.8. The molecule has 0 heterocycles. The predicted octanol–water partition coefficient (Wildman–Crippen LogP) is 2.67. The maximum absolute atomic E-state index is 12.1. The van der Waals surface area contributed by atoms with Crippen molar-refractivity contribution in [2.45, 2.75) is 78.6 Å². The fraction of sp³-hybridized carbons (Fsp3) is 0.938. The van der Waals surface area contributed by atoms with Gasteiger partial charge in [0, 0.05) is 18.1 Å². The molecule has 4 heteroatoms. The summed E-state index contributed by atoms with van der Waals surface area (Å²) < 4.78 is 4.98. The Morgan fingerprint density at radius 1 is 1.20 bits per heavy atom. The first-order chi connectivity index (χ1) is 9.05. The zero-order valence-corrected chi connectivity index (χ0v) is 14.8. The van der Waals surface area contributed by atoms with Crippen LogP contribution in [-0.4, -0.2) is 48.7 Å². The Hall–Kier alpha value is -0.610. The van der Waals surface area contributed by atoms with Crippen LogP contribution in [0.2, 0.25) is 0 Å². The molecular weight excluding hydrogens is 252 g/mol. The highest BCUT2D eigenvalue weighted by atomic mass is 16.5. The van der Waals surface area contributed by atoms with Gasteiger partial charge in [-0.1, -0.05) is 13.8 Å². The van der Waals surface area contributed by atoms with E-state index in [4.69, 9.17) is 4.74 Å². The lowest BCUT2D eigenvalue weighted by Gasteiger charge is -2.39. The van der Waals surface area contributed by atoms with Gasteiger partial charge in [-0.05, 0) is 54.0 Å². The van der Waals surface area contributed by atoms with E-state index >= 15 is 0 Å². The molecule has 0 spiro atoms. The van der Waals surface area contributed by atoms with Crippen molar-refractivity contribution in [3.63, 3.8) is 0 Å². The largest absolute Gasteiger partial charge is 0.468 e. The van der Waals surface area contributed by atoms with Crippen molar-refractivity contribution < 1.29 is 9.53 Å². The first kappa shape index (κ1) is 19.4. The van der Waals surface area contributed by atoms with Gasteiger partial charge in [-0.15, -0.1) is 0 Å². The van der Waals surface area contributed by atoms with Crippen LogP contribution >= 0.6 is 0 Å². The molecular formula is C16H34N2O2. The topological polar surface area (TPSA) is 41.6 Å². The van der Waals surface area contributed by atoms with Gasteiger partial charge in [-0.2, -0.15) is 0 Å². The molecule has 0 aliphatic heterocycles. The molecule has 3 unspecified atom stereocenters. The number of esters is 1. The Bertz CT molecular complexity index is 305. The van der Waals surface area contributed by atoms with Crippen LogP contribution in [0.4, 0.5) is 0 Å². The minimum atomic E-state index is -0.646. The number of nitrogens with one attached hydrogen (secondary N) is 1. The second-order valence-electron chi connectivity index (χ2n) is 6.83. The van der Waals surface area contributed by atoms with Gasteiger partial charge in [0.2, 0.25) is 0 Å². The molecule has 0 amide bonds. The van der Waals surface area contributed by atoms with Gasteiger partial charge >= 0.3 is 5.97 Å². The van der Waals surface area contributed by atoms with Crippen LogP contribution in [0.25, 0.3) is 0 Å². The van der Waals surface area contributed by atoms with E-state index < -0.39 is 5.54 Å². The molecule has 1 N–H and O–H groups in total. The summed E-state index contributed by atoms with van der Waals surface area (Å²) in [5.41, 5.74) is -0.646. The number of nitrogens with zero attached hydrogens (tertiary/aromatic N) is 1. The smallest absolute Gasteiger partial charge is 0.325 e. The number of carbonyl (C=O) groups excluding carboxylic acids is 1. The molecule has 0 aromatic rings. The van der Waals surface area contributed by atoms with Gasteiger partial charge in [-0.25, -0.2) is 0 Å². The summed E-state index contributed by atoms with van der Waals surface area (Å²) in [5, 5.41) is 3.36. The lowest BCUT2D eigenvalue weighted by molar-refractivity contribution is -0.149. The van der Waals surface area contributed by atoms with Crippen molar-refractivity contribution in [3.8, 4) is 0 Å². The fourth-order valence-corrected chi connectivity index (χ4v) is 2.67. The van der Waals surface area contributed by atoms with Crippen molar-refractivity contribution in [2.24, 2.45) is 5.92 Å². The molecule has 0 aromatic heterocycles. The fourth-order valence-electron chi connectivity index (χ4n) is 2.67. The number of rotatable bonds is 8. The summed E-state index contributed by atoms with van der Waals surface area (Å²) in [6.45, 7) is 14.9. The van der Waals surface area contributed by atoms with Gasteiger partial charge in [0.25, 0.3) is 0 Å². The van der Waals surface area contributed by atoms with E-state index in [2.05, 4.69) is 45.0 Å².